The van der Waals surface area contributed by atoms with E-state index in [9.17, 15) is 4.79 Å². The Balaban J connectivity index is 3.16. The molecule has 0 amide bonds. The largest absolute Gasteiger partial charge is 0.298 e. The zero-order valence-electron chi connectivity index (χ0n) is 5.58. The second-order valence-electron chi connectivity index (χ2n) is 1.92. The Morgan fingerprint density at radius 3 is 2.82 bits per heavy atom. The minimum Gasteiger partial charge on any atom is -0.298 e. The van der Waals surface area contributed by atoms with E-state index in [1.54, 1.807) is 18.2 Å². The van der Waals surface area contributed by atoms with E-state index in [-0.39, 0.29) is 0 Å². The number of benzene rings is 1. The van der Waals surface area contributed by atoms with Crippen LogP contribution < -0.4 is 5.14 Å². The maximum absolute atomic E-state index is 10.4. The first-order valence-electron chi connectivity index (χ1n) is 2.89. The predicted octanol–water partition coefficient (Wildman–Crippen LogP) is 2.12. The Labute approximate surface area is 73.9 Å². The Kier molecular flexibility index (Phi) is 2.93. The fourth-order valence-corrected chi connectivity index (χ4v) is 1.29. The smallest absolute Gasteiger partial charge is 0.151 e. The van der Waals surface area contributed by atoms with Gasteiger partial charge in [-0.3, -0.25) is 9.93 Å². The first-order valence-corrected chi connectivity index (χ1v) is 4.15. The van der Waals surface area contributed by atoms with Gasteiger partial charge in [0.2, 0.25) is 0 Å². The van der Waals surface area contributed by atoms with Gasteiger partial charge in [0.1, 0.15) is 0 Å². The van der Waals surface area contributed by atoms with Crippen molar-refractivity contribution in [1.82, 2.24) is 0 Å². The summed E-state index contributed by atoms with van der Waals surface area (Å²) in [6.07, 6.45) is 0.737. The number of hydrogen-bond acceptors (Lipinski definition) is 3. The number of rotatable bonds is 2. The summed E-state index contributed by atoms with van der Waals surface area (Å²) in [6.45, 7) is 0. The van der Waals surface area contributed by atoms with Gasteiger partial charge in [0.05, 0.1) is 0 Å². The topological polar surface area (TPSA) is 43.1 Å². The van der Waals surface area contributed by atoms with E-state index >= 15 is 0 Å². The lowest BCUT2D eigenvalue weighted by Crippen LogP contribution is -1.87. The van der Waals surface area contributed by atoms with Gasteiger partial charge in [0.15, 0.2) is 6.29 Å². The van der Waals surface area contributed by atoms with Crippen LogP contribution in [0.4, 0.5) is 0 Å². The van der Waals surface area contributed by atoms with Crippen molar-refractivity contribution < 1.29 is 4.79 Å². The monoisotopic (exact) mass is 187 g/mol. The molecule has 1 rings (SSSR count). The molecule has 0 saturated carbocycles. The lowest BCUT2D eigenvalue weighted by atomic mass is 10.2. The molecular weight excluding hydrogens is 182 g/mol. The Hall–Kier alpha value is -0.510. The number of nitrogens with two attached hydrogens (primary N) is 1. The lowest BCUT2D eigenvalue weighted by molar-refractivity contribution is 0.112. The predicted molar refractivity (Wildman–Crippen MR) is 46.9 cm³/mol. The van der Waals surface area contributed by atoms with E-state index < -0.39 is 0 Å². The van der Waals surface area contributed by atoms with Crippen LogP contribution >= 0.6 is 23.5 Å². The van der Waals surface area contributed by atoms with Gasteiger partial charge >= 0.3 is 0 Å². The van der Waals surface area contributed by atoms with Crippen molar-refractivity contribution in [3.63, 3.8) is 0 Å². The quantitative estimate of drug-likeness (QED) is 0.570. The molecule has 0 unspecified atom stereocenters. The van der Waals surface area contributed by atoms with Gasteiger partial charge in [0, 0.05) is 15.5 Å². The molecule has 2 nitrogen and oxygen atoms in total. The molecule has 1 aromatic carbocycles. The Morgan fingerprint density at radius 2 is 2.27 bits per heavy atom. The highest BCUT2D eigenvalue weighted by atomic mass is 35.5. The van der Waals surface area contributed by atoms with Crippen molar-refractivity contribution in [2.24, 2.45) is 5.14 Å². The minimum absolute atomic E-state index is 0.532. The molecule has 1 aromatic rings. The summed E-state index contributed by atoms with van der Waals surface area (Å²) in [5.41, 5.74) is 0.532. The summed E-state index contributed by atoms with van der Waals surface area (Å²) in [4.78, 5) is 11.2. The molecule has 2 N–H and O–H groups in total. The lowest BCUT2D eigenvalue weighted by Gasteiger charge is -1.99. The van der Waals surface area contributed by atoms with E-state index in [2.05, 4.69) is 0 Å². The molecule has 0 bridgehead atoms. The van der Waals surface area contributed by atoms with Crippen LogP contribution in [0.2, 0.25) is 5.02 Å². The Morgan fingerprint density at radius 1 is 1.55 bits per heavy atom. The fourth-order valence-electron chi connectivity index (χ4n) is 0.719. The summed E-state index contributed by atoms with van der Waals surface area (Å²) in [7, 11) is 0. The van der Waals surface area contributed by atoms with Crippen molar-refractivity contribution in [2.75, 3.05) is 0 Å². The van der Waals surface area contributed by atoms with Gasteiger partial charge in [-0.05, 0) is 30.1 Å². The average Bonchev–Trinajstić information content (AvgIpc) is 2.04. The van der Waals surface area contributed by atoms with E-state index in [0.717, 1.165) is 23.1 Å². The fraction of sp³-hybridized carbons (Fsp3) is 0. The third-order valence-electron chi connectivity index (χ3n) is 1.23. The standard InChI is InChI=1S/C7H6ClNOS/c8-6-1-2-7(11-9)5(3-6)4-10/h1-4H,9H2. The van der Waals surface area contributed by atoms with E-state index in [1.807, 2.05) is 0 Å². The molecule has 4 heteroatoms. The maximum atomic E-state index is 10.4. The molecular formula is C7H6ClNOS. The number of hydrogen-bond donors (Lipinski definition) is 1. The highest BCUT2D eigenvalue weighted by Gasteiger charge is 2.00. The first kappa shape index (κ1) is 8.59. The van der Waals surface area contributed by atoms with Gasteiger partial charge in [-0.1, -0.05) is 11.6 Å². The molecule has 11 heavy (non-hydrogen) atoms. The summed E-state index contributed by atoms with van der Waals surface area (Å²) in [5.74, 6) is 0. The molecule has 58 valence electrons. The third-order valence-corrected chi connectivity index (χ3v) is 2.09. The molecule has 0 radical (unpaired) electrons. The van der Waals surface area contributed by atoms with Crippen LogP contribution in [0, 0.1) is 0 Å². The van der Waals surface area contributed by atoms with Crippen LogP contribution in [0.25, 0.3) is 0 Å². The molecule has 0 saturated heterocycles. The molecule has 0 aliphatic rings. The zero-order chi connectivity index (χ0) is 8.27. The average molecular weight is 188 g/mol. The normalized spacial score (nSPS) is 9.64. The molecule has 0 atom stereocenters. The van der Waals surface area contributed by atoms with Crippen LogP contribution in [0.15, 0.2) is 23.1 Å². The molecule has 0 aromatic heterocycles. The minimum atomic E-state index is 0.532. The van der Waals surface area contributed by atoms with Crippen molar-refractivity contribution in [3.8, 4) is 0 Å². The summed E-state index contributed by atoms with van der Waals surface area (Å²) < 4.78 is 0. The molecule has 0 fully saturated rings. The maximum Gasteiger partial charge on any atom is 0.151 e. The third kappa shape index (κ3) is 1.96. The Bertz CT molecular complexity index is 277. The van der Waals surface area contributed by atoms with Crippen LogP contribution in [0.1, 0.15) is 10.4 Å². The van der Waals surface area contributed by atoms with Gasteiger partial charge < -0.3 is 0 Å². The van der Waals surface area contributed by atoms with Gasteiger partial charge in [-0.25, -0.2) is 0 Å². The zero-order valence-corrected chi connectivity index (χ0v) is 7.15. The molecule has 0 aliphatic carbocycles. The summed E-state index contributed by atoms with van der Waals surface area (Å²) in [5, 5.41) is 5.84. The van der Waals surface area contributed by atoms with E-state index in [0.29, 0.717) is 10.6 Å². The number of carbonyl (C=O) groups is 1. The molecule has 0 aliphatic heterocycles. The summed E-state index contributed by atoms with van der Waals surface area (Å²) in [6, 6.07) is 5.00. The number of halogens is 1. The molecule has 0 heterocycles. The first-order chi connectivity index (χ1) is 5.27. The van der Waals surface area contributed by atoms with E-state index in [4.69, 9.17) is 16.7 Å². The number of aldehydes is 1. The van der Waals surface area contributed by atoms with Gasteiger partial charge in [-0.15, -0.1) is 0 Å². The van der Waals surface area contributed by atoms with Crippen molar-refractivity contribution in [3.05, 3.63) is 28.8 Å². The highest BCUT2D eigenvalue weighted by Crippen LogP contribution is 2.20. The van der Waals surface area contributed by atoms with Crippen molar-refractivity contribution in [1.29, 1.82) is 0 Å². The van der Waals surface area contributed by atoms with Gasteiger partial charge in [-0.2, -0.15) is 0 Å². The second-order valence-corrected chi connectivity index (χ2v) is 3.03. The van der Waals surface area contributed by atoms with Crippen molar-refractivity contribution in [2.45, 2.75) is 4.90 Å². The number of carbonyl (C=O) groups excluding carboxylic acids is 1. The van der Waals surface area contributed by atoms with Crippen LogP contribution in [-0.4, -0.2) is 6.29 Å². The van der Waals surface area contributed by atoms with Crippen LogP contribution in [0.5, 0.6) is 0 Å². The van der Waals surface area contributed by atoms with E-state index in [1.165, 1.54) is 0 Å². The van der Waals surface area contributed by atoms with Crippen LogP contribution in [0.3, 0.4) is 0 Å². The second kappa shape index (κ2) is 3.76. The summed E-state index contributed by atoms with van der Waals surface area (Å²) >= 11 is 6.68. The highest BCUT2D eigenvalue weighted by molar-refractivity contribution is 7.97. The van der Waals surface area contributed by atoms with Crippen LogP contribution in [-0.2, 0) is 0 Å². The SMILES string of the molecule is NSc1ccc(Cl)cc1C=O. The van der Waals surface area contributed by atoms with Gasteiger partial charge in [0.25, 0.3) is 0 Å². The van der Waals surface area contributed by atoms with Crippen molar-refractivity contribution >= 4 is 29.8 Å². The molecule has 0 spiro atoms.